The minimum absolute atomic E-state index is 0.0274. The summed E-state index contributed by atoms with van der Waals surface area (Å²) in [5, 5.41) is 29.5. The van der Waals surface area contributed by atoms with Crippen molar-refractivity contribution in [1.29, 1.82) is 0 Å². The summed E-state index contributed by atoms with van der Waals surface area (Å²) >= 11 is 0. The summed E-state index contributed by atoms with van der Waals surface area (Å²) in [6, 6.07) is 0. The number of carbonyl (C=O) groups is 9. The van der Waals surface area contributed by atoms with Gasteiger partial charge in [0.25, 0.3) is 0 Å². The Bertz CT molecular complexity index is 1700. The van der Waals surface area contributed by atoms with Gasteiger partial charge in [-0.25, -0.2) is 14.4 Å². The quantitative estimate of drug-likeness (QED) is 0.0253. The van der Waals surface area contributed by atoms with Gasteiger partial charge in [0.1, 0.15) is 42.7 Å². The number of carbonyl (C=O) groups excluding carboxylic acids is 8. The van der Waals surface area contributed by atoms with Gasteiger partial charge in [0, 0.05) is 38.7 Å². The highest BCUT2D eigenvalue weighted by molar-refractivity contribution is 6.37. The number of carboxylic acids is 1. The summed E-state index contributed by atoms with van der Waals surface area (Å²) in [6.45, 7) is 37.8. The Morgan fingerprint density at radius 3 is 1.09 bits per heavy atom. The average Bonchev–Trinajstić information content (AvgIpc) is 3.34. The second-order valence-electron chi connectivity index (χ2n) is 23.7. The topological polar surface area (TPSA) is 282 Å². The van der Waals surface area contributed by atoms with Gasteiger partial charge in [-0.2, -0.15) is 0 Å². The molecule has 0 aromatic carbocycles. The highest BCUT2D eigenvalue weighted by Crippen LogP contribution is 2.17. The minimum Gasteiger partial charge on any atom is -0.480 e. The maximum absolute atomic E-state index is 11.7. The summed E-state index contributed by atoms with van der Waals surface area (Å²) in [6.07, 6.45) is 10.4. The van der Waals surface area contributed by atoms with Crippen molar-refractivity contribution < 1.29 is 86.9 Å². The van der Waals surface area contributed by atoms with E-state index < -0.39 is 35.2 Å². The Hall–Kier alpha value is -4.01. The van der Waals surface area contributed by atoms with Gasteiger partial charge in [0.05, 0.1) is 26.4 Å². The molecule has 0 rings (SSSR count). The molecule has 19 nitrogen and oxygen atoms in total. The molecule has 0 fully saturated rings. The van der Waals surface area contributed by atoms with Crippen LogP contribution >= 0.6 is 0 Å². The van der Waals surface area contributed by atoms with Crippen LogP contribution < -0.4 is 5.32 Å². The highest BCUT2D eigenvalue weighted by Gasteiger charge is 2.23. The van der Waals surface area contributed by atoms with E-state index in [0.717, 1.165) is 51.5 Å². The van der Waals surface area contributed by atoms with Gasteiger partial charge in [0.2, 0.25) is 0 Å². The van der Waals surface area contributed by atoms with Gasteiger partial charge in [-0.1, -0.05) is 101 Å². The molecule has 0 radical (unpaired) electrons. The molecule has 0 aromatic rings. The summed E-state index contributed by atoms with van der Waals surface area (Å²) in [5.41, 5.74) is -1.44. The first-order valence-corrected chi connectivity index (χ1v) is 29.8. The Kier molecular flexibility index (Phi) is 54.7. The number of hydrogen-bond acceptors (Lipinski definition) is 18. The number of Topliss-reactive ketones (excluding diaryl/α,β-unsaturated/α-hetero) is 5. The van der Waals surface area contributed by atoms with Crippen LogP contribution in [0.25, 0.3) is 0 Å². The Morgan fingerprint density at radius 1 is 0.457 bits per heavy atom. The molecule has 19 heteroatoms. The summed E-state index contributed by atoms with van der Waals surface area (Å²) in [7, 11) is 0. The monoisotopic (exact) mass is 1160 g/mol. The lowest BCUT2D eigenvalue weighted by atomic mass is 9.95. The van der Waals surface area contributed by atoms with Crippen LogP contribution in [-0.4, -0.2) is 150 Å². The molecule has 81 heavy (non-hydrogen) atoms. The maximum Gasteiger partial charge on any atom is 0.332 e. The van der Waals surface area contributed by atoms with E-state index in [4.69, 9.17) is 38.6 Å². The fraction of sp³-hybridized carbons (Fsp3) is 0.855. The van der Waals surface area contributed by atoms with Crippen molar-refractivity contribution in [3.05, 3.63) is 0 Å². The van der Waals surface area contributed by atoms with E-state index in [1.807, 2.05) is 41.5 Å². The number of esters is 3. The summed E-state index contributed by atoms with van der Waals surface area (Å²) < 4.78 is 31.1. The van der Waals surface area contributed by atoms with Crippen molar-refractivity contribution in [2.75, 3.05) is 59.3 Å². The lowest BCUT2D eigenvalue weighted by molar-refractivity contribution is -0.161. The summed E-state index contributed by atoms with van der Waals surface area (Å²) in [4.78, 5) is 102. The molecule has 0 aliphatic rings. The molecule has 0 heterocycles. The number of carboxylic acid groups (broad SMARTS) is 1. The number of aliphatic hydroxyl groups excluding tert-OH is 2. The third-order valence-corrected chi connectivity index (χ3v) is 11.2. The van der Waals surface area contributed by atoms with Crippen molar-refractivity contribution in [3.63, 3.8) is 0 Å². The van der Waals surface area contributed by atoms with Gasteiger partial charge in [-0.15, -0.1) is 0 Å². The lowest BCUT2D eigenvalue weighted by Gasteiger charge is -2.20. The molecular formula is C62H117NO18. The number of nitrogens with one attached hydrogen (secondary N) is 1. The highest BCUT2D eigenvalue weighted by atomic mass is 16.6. The number of rotatable bonds is 39. The molecule has 0 aliphatic heterocycles. The SMILES string of the molecule is CCC[C@@H](COCC(=O)O)CC(=O)C(=O)CC.CCC[C@@H](COCC(=O)OC(C)(C)C)CC(=O)C(=O)CC.CCC[C@@H](COCC(=O)OC(C)(C)C)CC(=O)C(O)CC.CCC[C@H](C)CNCC(=O)OC(C)(C)C.CCC[C@H](C)CO. The third kappa shape index (κ3) is 61.9. The molecule has 0 saturated heterocycles. The van der Waals surface area contributed by atoms with Crippen LogP contribution in [0.5, 0.6) is 0 Å². The maximum atomic E-state index is 11.7. The largest absolute Gasteiger partial charge is 0.480 e. The third-order valence-electron chi connectivity index (χ3n) is 11.2. The van der Waals surface area contributed by atoms with Crippen molar-refractivity contribution >= 4 is 52.8 Å². The molecule has 6 atom stereocenters. The number of ketones is 5. The molecule has 0 aliphatic carbocycles. The van der Waals surface area contributed by atoms with Gasteiger partial charge < -0.3 is 49.1 Å². The fourth-order valence-electron chi connectivity index (χ4n) is 7.40. The molecule has 0 amide bonds. The normalized spacial score (nSPS) is 13.4. The molecule has 1 unspecified atom stereocenters. The second-order valence-corrected chi connectivity index (χ2v) is 23.7. The summed E-state index contributed by atoms with van der Waals surface area (Å²) in [5.74, 6) is -2.57. The standard InChI is InChI=1S/C16H30O5.C16H28O5.C12H25NO2.C12H20O5.C6H14O/c2*1-6-8-12(9-14(18)13(17)7-2)10-20-11-15(19)21-16(3,4)5;1-6-7-10(2)8-13-9-11(14)15-12(3,4)5;1-3-5-9(7-17-8-12(15)16)6-11(14)10(13)4-2;1-3-4-6(2)5-7/h12-13,17H,6-11H2,1-5H3;12H,6-11H2,1-5H3;10,13H,6-9H2,1-5H3;9H,3-8H2,1-2H3,(H,15,16);6-7H,3-5H2,1-2H3/t12-,13?;12-;10-;9-;6-/m11010/s1. The van der Waals surface area contributed by atoms with Gasteiger partial charge in [-0.3, -0.25) is 28.8 Å². The van der Waals surface area contributed by atoms with E-state index in [1.54, 1.807) is 62.3 Å². The van der Waals surface area contributed by atoms with E-state index in [-0.39, 0.29) is 123 Å². The number of ether oxygens (including phenoxy) is 6. The van der Waals surface area contributed by atoms with Gasteiger partial charge in [-0.05, 0) is 137 Å². The zero-order valence-electron chi connectivity index (χ0n) is 54.1. The van der Waals surface area contributed by atoms with Crippen LogP contribution in [0.15, 0.2) is 0 Å². The Labute approximate surface area is 489 Å². The molecular weight excluding hydrogens is 1050 g/mol. The molecule has 0 saturated carbocycles. The predicted molar refractivity (Wildman–Crippen MR) is 317 cm³/mol. The van der Waals surface area contributed by atoms with Crippen molar-refractivity contribution in [1.82, 2.24) is 5.32 Å². The predicted octanol–water partition coefficient (Wildman–Crippen LogP) is 10.4. The molecule has 0 spiro atoms. The van der Waals surface area contributed by atoms with Crippen LogP contribution in [0.2, 0.25) is 0 Å². The van der Waals surface area contributed by atoms with Crippen LogP contribution in [-0.2, 0) is 71.6 Å². The molecule has 0 bridgehead atoms. The van der Waals surface area contributed by atoms with Crippen LogP contribution in [0.3, 0.4) is 0 Å². The number of aliphatic hydroxyl groups is 2. The van der Waals surface area contributed by atoms with E-state index in [0.29, 0.717) is 38.0 Å². The molecule has 0 aromatic heterocycles. The smallest absolute Gasteiger partial charge is 0.332 e. The zero-order chi connectivity index (χ0) is 63.8. The van der Waals surface area contributed by atoms with E-state index >= 15 is 0 Å². The van der Waals surface area contributed by atoms with E-state index in [9.17, 15) is 48.3 Å². The minimum atomic E-state index is -1.03. The van der Waals surface area contributed by atoms with Crippen molar-refractivity contribution in [3.8, 4) is 0 Å². The zero-order valence-corrected chi connectivity index (χ0v) is 54.1. The second kappa shape index (κ2) is 51.6. The van der Waals surface area contributed by atoms with E-state index in [1.165, 1.54) is 19.3 Å². The van der Waals surface area contributed by atoms with Gasteiger partial charge >= 0.3 is 23.9 Å². The first-order chi connectivity index (χ1) is 37.5. The van der Waals surface area contributed by atoms with Crippen LogP contribution in [0, 0.1) is 29.6 Å². The Balaban J connectivity index is -0.000000307. The Morgan fingerprint density at radius 2 is 0.790 bits per heavy atom. The fourth-order valence-corrected chi connectivity index (χ4v) is 7.40. The van der Waals surface area contributed by atoms with E-state index in [2.05, 4.69) is 33.0 Å². The lowest BCUT2D eigenvalue weighted by Crippen LogP contribution is -2.33. The van der Waals surface area contributed by atoms with Crippen molar-refractivity contribution in [2.24, 2.45) is 29.6 Å². The average molecular weight is 1160 g/mol. The van der Waals surface area contributed by atoms with Crippen LogP contribution in [0.1, 0.15) is 234 Å². The first kappa shape index (κ1) is 85.8. The van der Waals surface area contributed by atoms with Crippen LogP contribution in [0.4, 0.5) is 0 Å². The molecule has 4 N–H and O–H groups in total. The number of aliphatic carboxylic acids is 1. The van der Waals surface area contributed by atoms with Crippen molar-refractivity contribution in [2.45, 2.75) is 257 Å². The molecule has 478 valence electrons. The number of hydrogen-bond donors (Lipinski definition) is 4. The first-order valence-electron chi connectivity index (χ1n) is 29.8. The van der Waals surface area contributed by atoms with Gasteiger partial charge in [0.15, 0.2) is 28.9 Å².